The fourth-order valence-corrected chi connectivity index (χ4v) is 2.08. The third kappa shape index (κ3) is 2.26. The quantitative estimate of drug-likeness (QED) is 0.813. The number of fused-ring (bicyclic) bond motifs is 1. The van der Waals surface area contributed by atoms with Crippen molar-refractivity contribution in [2.75, 3.05) is 0 Å². The van der Waals surface area contributed by atoms with Gasteiger partial charge in [0.15, 0.2) is 5.78 Å². The van der Waals surface area contributed by atoms with Gasteiger partial charge in [-0.1, -0.05) is 18.2 Å². The SMILES string of the molecule is CC(O)C(=O)Cc1ccc2c(c1)CCC2. The molecule has 1 atom stereocenters. The second kappa shape index (κ2) is 4.15. The lowest BCUT2D eigenvalue weighted by atomic mass is 10.0. The zero-order chi connectivity index (χ0) is 10.8. The highest BCUT2D eigenvalue weighted by atomic mass is 16.3. The van der Waals surface area contributed by atoms with E-state index < -0.39 is 6.10 Å². The number of aliphatic hydroxyl groups excluding tert-OH is 1. The van der Waals surface area contributed by atoms with Gasteiger partial charge in [0.1, 0.15) is 6.10 Å². The molecule has 1 unspecified atom stereocenters. The number of carbonyl (C=O) groups excluding carboxylic acids is 1. The van der Waals surface area contributed by atoms with Crippen LogP contribution in [-0.4, -0.2) is 17.0 Å². The summed E-state index contributed by atoms with van der Waals surface area (Å²) in [6, 6.07) is 6.24. The summed E-state index contributed by atoms with van der Waals surface area (Å²) in [4.78, 5) is 11.4. The van der Waals surface area contributed by atoms with Crippen LogP contribution in [0.2, 0.25) is 0 Å². The number of aliphatic hydroxyl groups is 1. The van der Waals surface area contributed by atoms with E-state index >= 15 is 0 Å². The minimum atomic E-state index is -0.849. The van der Waals surface area contributed by atoms with Crippen molar-refractivity contribution >= 4 is 5.78 Å². The van der Waals surface area contributed by atoms with Gasteiger partial charge >= 0.3 is 0 Å². The number of Topliss-reactive ketones (excluding diaryl/α,β-unsaturated/α-hetero) is 1. The van der Waals surface area contributed by atoms with Crippen molar-refractivity contribution in [2.24, 2.45) is 0 Å². The molecule has 0 fully saturated rings. The van der Waals surface area contributed by atoms with E-state index in [1.54, 1.807) is 0 Å². The Labute approximate surface area is 89.9 Å². The maximum absolute atomic E-state index is 11.4. The van der Waals surface area contributed by atoms with E-state index in [0.29, 0.717) is 6.42 Å². The Bertz CT molecular complexity index is 380. The number of hydrogen-bond donors (Lipinski definition) is 1. The Hall–Kier alpha value is -1.15. The molecule has 0 heterocycles. The highest BCUT2D eigenvalue weighted by molar-refractivity contribution is 5.84. The molecule has 1 aliphatic carbocycles. The van der Waals surface area contributed by atoms with Crippen molar-refractivity contribution in [3.63, 3.8) is 0 Å². The Morgan fingerprint density at radius 2 is 2.13 bits per heavy atom. The van der Waals surface area contributed by atoms with E-state index in [9.17, 15) is 4.79 Å². The maximum atomic E-state index is 11.4. The highest BCUT2D eigenvalue weighted by Gasteiger charge is 2.13. The van der Waals surface area contributed by atoms with Crippen LogP contribution in [0.4, 0.5) is 0 Å². The van der Waals surface area contributed by atoms with Gasteiger partial charge in [-0.25, -0.2) is 0 Å². The van der Waals surface area contributed by atoms with Crippen molar-refractivity contribution in [3.05, 3.63) is 34.9 Å². The summed E-state index contributed by atoms with van der Waals surface area (Å²) in [6.07, 6.45) is 3.03. The third-order valence-electron chi connectivity index (χ3n) is 3.01. The first-order chi connectivity index (χ1) is 7.16. The average Bonchev–Trinajstić information content (AvgIpc) is 2.64. The molecule has 0 radical (unpaired) electrons. The van der Waals surface area contributed by atoms with Crippen LogP contribution in [0.15, 0.2) is 18.2 Å². The van der Waals surface area contributed by atoms with Gasteiger partial charge in [0.2, 0.25) is 0 Å². The zero-order valence-electron chi connectivity index (χ0n) is 8.99. The van der Waals surface area contributed by atoms with E-state index in [-0.39, 0.29) is 5.78 Å². The van der Waals surface area contributed by atoms with Gasteiger partial charge in [0, 0.05) is 6.42 Å². The van der Waals surface area contributed by atoms with Crippen LogP contribution in [-0.2, 0) is 24.1 Å². The van der Waals surface area contributed by atoms with E-state index in [2.05, 4.69) is 12.1 Å². The normalized spacial score (nSPS) is 16.1. The highest BCUT2D eigenvalue weighted by Crippen LogP contribution is 2.23. The summed E-state index contributed by atoms with van der Waals surface area (Å²) < 4.78 is 0. The van der Waals surface area contributed by atoms with Crippen molar-refractivity contribution in [3.8, 4) is 0 Å². The standard InChI is InChI=1S/C13H16O2/c1-9(14)13(15)8-10-5-6-11-3-2-4-12(11)7-10/h5-7,9,14H,2-4,8H2,1H3. The lowest BCUT2D eigenvalue weighted by molar-refractivity contribution is -0.125. The molecule has 0 saturated heterocycles. The van der Waals surface area contributed by atoms with Gasteiger partial charge in [-0.3, -0.25) is 4.79 Å². The monoisotopic (exact) mass is 204 g/mol. The molecule has 80 valence electrons. The topological polar surface area (TPSA) is 37.3 Å². The summed E-state index contributed by atoms with van der Waals surface area (Å²) >= 11 is 0. The first kappa shape index (κ1) is 10.4. The van der Waals surface area contributed by atoms with E-state index in [0.717, 1.165) is 12.0 Å². The molecule has 0 amide bonds. The minimum Gasteiger partial charge on any atom is -0.386 e. The molecule has 1 aromatic rings. The van der Waals surface area contributed by atoms with Crippen molar-refractivity contribution in [1.82, 2.24) is 0 Å². The van der Waals surface area contributed by atoms with Gasteiger partial charge in [-0.2, -0.15) is 0 Å². The van der Waals surface area contributed by atoms with Crippen LogP contribution in [0, 0.1) is 0 Å². The van der Waals surface area contributed by atoms with E-state index in [1.807, 2.05) is 6.07 Å². The second-order valence-electron chi connectivity index (χ2n) is 4.28. The zero-order valence-corrected chi connectivity index (χ0v) is 8.99. The lowest BCUT2D eigenvalue weighted by Crippen LogP contribution is -2.18. The molecule has 1 aromatic carbocycles. The fourth-order valence-electron chi connectivity index (χ4n) is 2.08. The molecule has 2 rings (SSSR count). The van der Waals surface area contributed by atoms with Crippen molar-refractivity contribution in [1.29, 1.82) is 0 Å². The molecule has 0 saturated carbocycles. The second-order valence-corrected chi connectivity index (χ2v) is 4.28. The number of aryl methyl sites for hydroxylation is 2. The van der Waals surface area contributed by atoms with Crippen LogP contribution in [0.1, 0.15) is 30.0 Å². The molecular weight excluding hydrogens is 188 g/mol. The Kier molecular flexibility index (Phi) is 2.87. The molecule has 2 heteroatoms. The van der Waals surface area contributed by atoms with Gasteiger partial charge in [0.25, 0.3) is 0 Å². The molecule has 1 N–H and O–H groups in total. The number of benzene rings is 1. The van der Waals surface area contributed by atoms with Crippen molar-refractivity contribution in [2.45, 2.75) is 38.7 Å². The Morgan fingerprint density at radius 1 is 1.40 bits per heavy atom. The van der Waals surface area contributed by atoms with E-state index in [1.165, 1.54) is 30.9 Å². The largest absolute Gasteiger partial charge is 0.386 e. The minimum absolute atomic E-state index is 0.104. The van der Waals surface area contributed by atoms with Gasteiger partial charge in [-0.15, -0.1) is 0 Å². The predicted molar refractivity (Wildman–Crippen MR) is 58.9 cm³/mol. The van der Waals surface area contributed by atoms with Gasteiger partial charge in [-0.05, 0) is 42.9 Å². The van der Waals surface area contributed by atoms with Crippen LogP contribution >= 0.6 is 0 Å². The molecule has 2 nitrogen and oxygen atoms in total. The lowest BCUT2D eigenvalue weighted by Gasteiger charge is -2.06. The van der Waals surface area contributed by atoms with Crippen LogP contribution < -0.4 is 0 Å². The summed E-state index contributed by atoms with van der Waals surface area (Å²) in [5.74, 6) is -0.104. The number of ketones is 1. The molecule has 0 spiro atoms. The van der Waals surface area contributed by atoms with Crippen LogP contribution in [0.3, 0.4) is 0 Å². The summed E-state index contributed by atoms with van der Waals surface area (Å²) in [5.41, 5.74) is 3.83. The number of rotatable bonds is 3. The number of carbonyl (C=O) groups is 1. The fraction of sp³-hybridized carbons (Fsp3) is 0.462. The van der Waals surface area contributed by atoms with Gasteiger partial charge < -0.3 is 5.11 Å². The molecule has 0 aliphatic heterocycles. The van der Waals surface area contributed by atoms with Crippen LogP contribution in [0.5, 0.6) is 0 Å². The smallest absolute Gasteiger partial charge is 0.165 e. The molecular formula is C13H16O2. The molecule has 15 heavy (non-hydrogen) atoms. The van der Waals surface area contributed by atoms with Crippen LogP contribution in [0.25, 0.3) is 0 Å². The average molecular weight is 204 g/mol. The van der Waals surface area contributed by atoms with Gasteiger partial charge in [0.05, 0.1) is 0 Å². The summed E-state index contributed by atoms with van der Waals surface area (Å²) in [5, 5.41) is 9.13. The molecule has 0 aromatic heterocycles. The Morgan fingerprint density at radius 3 is 2.87 bits per heavy atom. The number of hydrogen-bond acceptors (Lipinski definition) is 2. The third-order valence-corrected chi connectivity index (χ3v) is 3.01. The molecule has 0 bridgehead atoms. The maximum Gasteiger partial charge on any atom is 0.165 e. The first-order valence-corrected chi connectivity index (χ1v) is 5.48. The Balaban J connectivity index is 2.13. The first-order valence-electron chi connectivity index (χ1n) is 5.48. The van der Waals surface area contributed by atoms with Crippen molar-refractivity contribution < 1.29 is 9.90 Å². The summed E-state index contributed by atoms with van der Waals surface area (Å²) in [7, 11) is 0. The summed E-state index contributed by atoms with van der Waals surface area (Å²) in [6.45, 7) is 1.52. The van der Waals surface area contributed by atoms with E-state index in [4.69, 9.17) is 5.11 Å². The predicted octanol–water partition coefficient (Wildman–Crippen LogP) is 1.67. The molecule has 1 aliphatic rings.